The summed E-state index contributed by atoms with van der Waals surface area (Å²) in [5, 5.41) is 3.22. The number of thiophene rings is 1. The molecule has 2 aliphatic rings. The maximum absolute atomic E-state index is 5.98. The second kappa shape index (κ2) is 3.30. The molecule has 1 aromatic heterocycles. The molecule has 1 aliphatic carbocycles. The van der Waals surface area contributed by atoms with E-state index < -0.39 is 0 Å². The van der Waals surface area contributed by atoms with E-state index in [1.54, 1.807) is 5.56 Å². The lowest BCUT2D eigenvalue weighted by atomic mass is 9.93. The van der Waals surface area contributed by atoms with Crippen LogP contribution in [0.2, 0.25) is 0 Å². The maximum Gasteiger partial charge on any atom is 0.104 e. The fraction of sp³-hybridized carbons (Fsp3) is 0.667. The van der Waals surface area contributed by atoms with E-state index in [4.69, 9.17) is 4.74 Å². The van der Waals surface area contributed by atoms with E-state index in [0.717, 1.165) is 13.2 Å². The quantitative estimate of drug-likeness (QED) is 0.831. The van der Waals surface area contributed by atoms with Crippen molar-refractivity contribution in [3.8, 4) is 0 Å². The summed E-state index contributed by atoms with van der Waals surface area (Å²) >= 11 is 1.92. The Balaban J connectivity index is 2.00. The van der Waals surface area contributed by atoms with Crippen molar-refractivity contribution in [1.29, 1.82) is 0 Å². The molecule has 1 atom stereocenters. The van der Waals surface area contributed by atoms with E-state index in [0.29, 0.717) is 5.41 Å². The van der Waals surface area contributed by atoms with E-state index in [1.165, 1.54) is 22.6 Å². The Kier molecular flexibility index (Phi) is 2.16. The van der Waals surface area contributed by atoms with Crippen molar-refractivity contribution in [1.82, 2.24) is 5.32 Å². The molecule has 1 unspecified atom stereocenters. The Hall–Kier alpha value is -0.380. The van der Waals surface area contributed by atoms with Gasteiger partial charge in [0, 0.05) is 21.7 Å². The van der Waals surface area contributed by atoms with Crippen molar-refractivity contribution < 1.29 is 4.74 Å². The van der Waals surface area contributed by atoms with E-state index in [9.17, 15) is 0 Å². The van der Waals surface area contributed by atoms with E-state index in [2.05, 4.69) is 18.3 Å². The molecule has 1 saturated carbocycles. The first-order valence-corrected chi connectivity index (χ1v) is 6.44. The molecule has 0 amide bonds. The fourth-order valence-electron chi connectivity index (χ4n) is 2.50. The van der Waals surface area contributed by atoms with E-state index >= 15 is 0 Å². The molecule has 1 aromatic rings. The van der Waals surface area contributed by atoms with Crippen molar-refractivity contribution in [3.05, 3.63) is 21.4 Å². The van der Waals surface area contributed by atoms with Gasteiger partial charge in [-0.25, -0.2) is 0 Å². The number of hydrogen-bond donors (Lipinski definition) is 1. The average Bonchev–Trinajstić information content (AvgIpc) is 2.87. The zero-order valence-corrected chi connectivity index (χ0v) is 10.1. The molecule has 2 nitrogen and oxygen atoms in total. The van der Waals surface area contributed by atoms with Crippen LogP contribution in [0.4, 0.5) is 0 Å². The van der Waals surface area contributed by atoms with Gasteiger partial charge in [0.25, 0.3) is 0 Å². The zero-order chi connectivity index (χ0) is 10.5. The number of rotatable bonds is 2. The monoisotopic (exact) mass is 223 g/mol. The van der Waals surface area contributed by atoms with Gasteiger partial charge in [-0.2, -0.15) is 0 Å². The molecule has 0 bridgehead atoms. The molecule has 3 rings (SSSR count). The number of ether oxygens (including phenoxy) is 1. The van der Waals surface area contributed by atoms with Crippen LogP contribution in [-0.2, 0) is 10.2 Å². The van der Waals surface area contributed by atoms with Gasteiger partial charge in [-0.3, -0.25) is 0 Å². The van der Waals surface area contributed by atoms with E-state index in [1.807, 2.05) is 18.4 Å². The Morgan fingerprint density at radius 1 is 1.60 bits per heavy atom. The molecule has 2 heterocycles. The topological polar surface area (TPSA) is 21.3 Å². The van der Waals surface area contributed by atoms with Crippen LogP contribution in [0, 0.1) is 6.92 Å². The summed E-state index contributed by atoms with van der Waals surface area (Å²) in [4.78, 5) is 2.91. The van der Waals surface area contributed by atoms with Gasteiger partial charge in [0.2, 0.25) is 0 Å². The van der Waals surface area contributed by atoms with Crippen LogP contribution in [0.25, 0.3) is 0 Å². The first-order chi connectivity index (χ1) is 7.25. The van der Waals surface area contributed by atoms with Crippen LogP contribution in [0.15, 0.2) is 6.07 Å². The summed E-state index contributed by atoms with van der Waals surface area (Å²) in [7, 11) is 1.99. The molecule has 1 fully saturated rings. The van der Waals surface area contributed by atoms with Gasteiger partial charge in [0.1, 0.15) is 6.10 Å². The van der Waals surface area contributed by atoms with Gasteiger partial charge >= 0.3 is 0 Å². The van der Waals surface area contributed by atoms with Crippen LogP contribution < -0.4 is 5.32 Å². The summed E-state index contributed by atoms with van der Waals surface area (Å²) in [5.74, 6) is 0. The average molecular weight is 223 g/mol. The third-order valence-electron chi connectivity index (χ3n) is 3.55. The summed E-state index contributed by atoms with van der Waals surface area (Å²) in [6, 6.07) is 2.39. The van der Waals surface area contributed by atoms with Crippen LogP contribution >= 0.6 is 11.3 Å². The Labute approximate surface area is 94.6 Å². The van der Waals surface area contributed by atoms with Crippen LogP contribution in [0.1, 0.15) is 34.3 Å². The lowest BCUT2D eigenvalue weighted by Gasteiger charge is -2.29. The number of likely N-dealkylation sites (N-methyl/N-ethyl adjacent to an activating group) is 1. The Bertz CT molecular complexity index is 381. The summed E-state index contributed by atoms with van der Waals surface area (Å²) in [5.41, 5.74) is 2.01. The van der Waals surface area contributed by atoms with Crippen molar-refractivity contribution >= 4 is 11.3 Å². The van der Waals surface area contributed by atoms with Crippen molar-refractivity contribution in [2.45, 2.75) is 31.3 Å². The highest BCUT2D eigenvalue weighted by molar-refractivity contribution is 7.12. The normalized spacial score (nSPS) is 26.7. The highest BCUT2D eigenvalue weighted by Crippen LogP contribution is 2.55. The van der Waals surface area contributed by atoms with Crippen LogP contribution in [0.3, 0.4) is 0 Å². The van der Waals surface area contributed by atoms with Gasteiger partial charge in [-0.05, 0) is 38.4 Å². The molecule has 3 heteroatoms. The number of hydrogen-bond acceptors (Lipinski definition) is 3. The molecular formula is C12H17NOS. The van der Waals surface area contributed by atoms with Crippen molar-refractivity contribution in [2.24, 2.45) is 0 Å². The molecule has 82 valence electrons. The fourth-order valence-corrected chi connectivity index (χ4v) is 3.69. The summed E-state index contributed by atoms with van der Waals surface area (Å²) in [6.45, 7) is 4.07. The van der Waals surface area contributed by atoms with Crippen molar-refractivity contribution in [2.75, 3.05) is 20.2 Å². The molecule has 1 N–H and O–H groups in total. The highest BCUT2D eigenvalue weighted by Gasteiger charge is 2.50. The van der Waals surface area contributed by atoms with E-state index in [-0.39, 0.29) is 6.10 Å². The number of nitrogens with one attached hydrogen (secondary N) is 1. The van der Waals surface area contributed by atoms with Crippen LogP contribution in [-0.4, -0.2) is 20.2 Å². The third kappa shape index (κ3) is 1.45. The van der Waals surface area contributed by atoms with Gasteiger partial charge in [0.15, 0.2) is 0 Å². The first-order valence-electron chi connectivity index (χ1n) is 5.62. The zero-order valence-electron chi connectivity index (χ0n) is 9.30. The molecule has 1 aliphatic heterocycles. The maximum atomic E-state index is 5.98. The molecule has 0 radical (unpaired) electrons. The molecule has 15 heavy (non-hydrogen) atoms. The first kappa shape index (κ1) is 9.82. The van der Waals surface area contributed by atoms with Crippen LogP contribution in [0.5, 0.6) is 0 Å². The number of aryl methyl sites for hydroxylation is 1. The predicted molar refractivity (Wildman–Crippen MR) is 62.6 cm³/mol. The summed E-state index contributed by atoms with van der Waals surface area (Å²) in [6.07, 6.45) is 2.93. The molecular weight excluding hydrogens is 206 g/mol. The van der Waals surface area contributed by atoms with Crippen molar-refractivity contribution in [3.63, 3.8) is 0 Å². The predicted octanol–water partition coefficient (Wildman–Crippen LogP) is 2.38. The summed E-state index contributed by atoms with van der Waals surface area (Å²) < 4.78 is 5.98. The minimum atomic E-state index is 0.287. The van der Waals surface area contributed by atoms with Gasteiger partial charge in [-0.1, -0.05) is 0 Å². The van der Waals surface area contributed by atoms with Gasteiger partial charge < -0.3 is 10.1 Å². The second-order valence-electron chi connectivity index (χ2n) is 4.77. The standard InChI is InChI=1S/C12H17NOS/c1-8-5-9-11(15-8)10(6-13-2)14-7-12(9)3-4-12/h5,10,13H,3-4,6-7H2,1-2H3. The Morgan fingerprint density at radius 3 is 3.07 bits per heavy atom. The Morgan fingerprint density at radius 2 is 2.40 bits per heavy atom. The smallest absolute Gasteiger partial charge is 0.104 e. The second-order valence-corrected chi connectivity index (χ2v) is 6.06. The lowest BCUT2D eigenvalue weighted by molar-refractivity contribution is 0.0261. The minimum absolute atomic E-state index is 0.287. The third-order valence-corrected chi connectivity index (χ3v) is 4.69. The van der Waals surface area contributed by atoms with Gasteiger partial charge in [-0.15, -0.1) is 11.3 Å². The lowest BCUT2D eigenvalue weighted by Crippen LogP contribution is -2.29. The SMILES string of the molecule is CNCC1OCC2(CC2)c2cc(C)sc21. The minimum Gasteiger partial charge on any atom is -0.370 e. The highest BCUT2D eigenvalue weighted by atomic mass is 32.1. The van der Waals surface area contributed by atoms with Gasteiger partial charge in [0.05, 0.1) is 6.61 Å². The molecule has 0 saturated heterocycles. The molecule has 0 aromatic carbocycles. The molecule has 1 spiro atoms. The largest absolute Gasteiger partial charge is 0.370 e. The number of fused-ring (bicyclic) bond motifs is 2.